The van der Waals surface area contributed by atoms with Crippen molar-refractivity contribution >= 4 is 6.09 Å². The van der Waals surface area contributed by atoms with Crippen molar-refractivity contribution < 1.29 is 9.90 Å². The fraction of sp³-hybridized carbons (Fsp3) is 0.833. The Bertz CT molecular complexity index is 124. The van der Waals surface area contributed by atoms with E-state index < -0.39 is 6.09 Å². The largest absolute Gasteiger partial charge is 0.465 e. The molecule has 1 saturated heterocycles. The van der Waals surface area contributed by atoms with Crippen LogP contribution in [0.3, 0.4) is 0 Å². The summed E-state index contributed by atoms with van der Waals surface area (Å²) in [4.78, 5) is 11.7. The van der Waals surface area contributed by atoms with Gasteiger partial charge in [-0.05, 0) is 12.3 Å². The van der Waals surface area contributed by atoms with Crippen LogP contribution in [0.4, 0.5) is 4.79 Å². The van der Waals surface area contributed by atoms with E-state index in [1.54, 1.807) is 0 Å². The summed E-state index contributed by atoms with van der Waals surface area (Å²) < 4.78 is 0. The summed E-state index contributed by atoms with van der Waals surface area (Å²) in [6, 6.07) is 0. The van der Waals surface area contributed by atoms with Crippen molar-refractivity contribution in [2.45, 2.75) is 13.3 Å². The third kappa shape index (κ3) is 1.34. The van der Waals surface area contributed by atoms with Gasteiger partial charge in [-0.1, -0.05) is 6.92 Å². The van der Waals surface area contributed by atoms with Gasteiger partial charge in [0.15, 0.2) is 0 Å². The minimum Gasteiger partial charge on any atom is -0.465 e. The van der Waals surface area contributed by atoms with Crippen molar-refractivity contribution in [2.24, 2.45) is 5.92 Å². The average molecular weight is 129 g/mol. The molecule has 0 aromatic rings. The minimum absolute atomic E-state index is 0.557. The van der Waals surface area contributed by atoms with E-state index in [9.17, 15) is 4.79 Å². The fourth-order valence-electron chi connectivity index (χ4n) is 1.11. The summed E-state index contributed by atoms with van der Waals surface area (Å²) >= 11 is 0. The molecule has 1 heterocycles. The Balaban J connectivity index is 2.39. The zero-order valence-corrected chi connectivity index (χ0v) is 5.50. The fourth-order valence-corrected chi connectivity index (χ4v) is 1.11. The van der Waals surface area contributed by atoms with Gasteiger partial charge in [-0.3, -0.25) is 0 Å². The van der Waals surface area contributed by atoms with Crippen molar-refractivity contribution in [1.82, 2.24) is 4.90 Å². The number of rotatable bonds is 0. The highest BCUT2D eigenvalue weighted by Gasteiger charge is 2.21. The van der Waals surface area contributed by atoms with Crippen molar-refractivity contribution in [3.05, 3.63) is 0 Å². The van der Waals surface area contributed by atoms with Gasteiger partial charge in [0.05, 0.1) is 0 Å². The molecule has 1 amide bonds. The molecule has 1 aliphatic heterocycles. The normalized spacial score (nSPS) is 26.8. The predicted molar refractivity (Wildman–Crippen MR) is 33.4 cm³/mol. The molecule has 0 bridgehead atoms. The lowest BCUT2D eigenvalue weighted by atomic mass is 10.2. The van der Waals surface area contributed by atoms with E-state index >= 15 is 0 Å². The van der Waals surface area contributed by atoms with Crippen LogP contribution in [-0.2, 0) is 0 Å². The van der Waals surface area contributed by atoms with Crippen molar-refractivity contribution in [1.29, 1.82) is 0 Å². The molecule has 9 heavy (non-hydrogen) atoms. The second-order valence-electron chi connectivity index (χ2n) is 2.62. The van der Waals surface area contributed by atoms with Gasteiger partial charge in [0.1, 0.15) is 0 Å². The molecule has 0 spiro atoms. The molecule has 0 saturated carbocycles. The van der Waals surface area contributed by atoms with Crippen LogP contribution in [-0.4, -0.2) is 29.2 Å². The van der Waals surface area contributed by atoms with Crippen molar-refractivity contribution in [3.63, 3.8) is 0 Å². The summed E-state index contributed by atoms with van der Waals surface area (Å²) in [5.74, 6) is 0.557. The number of nitrogens with zero attached hydrogens (tertiary/aromatic N) is 1. The Morgan fingerprint density at radius 2 is 2.44 bits per heavy atom. The Kier molecular flexibility index (Phi) is 1.60. The lowest BCUT2D eigenvalue weighted by Crippen LogP contribution is -2.26. The molecule has 0 aromatic carbocycles. The number of likely N-dealkylation sites (tertiary alicyclic amines) is 1. The van der Waals surface area contributed by atoms with Crippen LogP contribution in [0.2, 0.25) is 0 Å². The standard InChI is InChI=1S/C6H11NO2/c1-5-2-3-7(4-5)6(8)9/h5H,2-4H2,1H3,(H,8,9)/t5-/m1/s1. The highest BCUT2D eigenvalue weighted by Crippen LogP contribution is 2.14. The van der Waals surface area contributed by atoms with E-state index in [1.807, 2.05) is 0 Å². The monoisotopic (exact) mass is 129 g/mol. The molecule has 1 atom stereocenters. The number of hydrogen-bond acceptors (Lipinski definition) is 1. The van der Waals surface area contributed by atoms with Crippen LogP contribution in [0.15, 0.2) is 0 Å². The average Bonchev–Trinajstić information content (AvgIpc) is 2.14. The molecular weight excluding hydrogens is 118 g/mol. The van der Waals surface area contributed by atoms with Gasteiger partial charge in [-0.2, -0.15) is 0 Å². The molecule has 1 aliphatic rings. The smallest absolute Gasteiger partial charge is 0.407 e. The molecule has 0 unspecified atom stereocenters. The van der Waals surface area contributed by atoms with E-state index in [-0.39, 0.29) is 0 Å². The second-order valence-corrected chi connectivity index (χ2v) is 2.62. The maximum Gasteiger partial charge on any atom is 0.407 e. The zero-order valence-electron chi connectivity index (χ0n) is 5.50. The van der Waals surface area contributed by atoms with Crippen LogP contribution in [0.25, 0.3) is 0 Å². The third-order valence-electron chi connectivity index (χ3n) is 1.69. The number of carbonyl (C=O) groups is 1. The lowest BCUT2D eigenvalue weighted by Gasteiger charge is -2.08. The second kappa shape index (κ2) is 2.25. The maximum absolute atomic E-state index is 10.3. The van der Waals surface area contributed by atoms with E-state index in [1.165, 1.54) is 4.90 Å². The number of hydrogen-bond donors (Lipinski definition) is 1. The third-order valence-corrected chi connectivity index (χ3v) is 1.69. The molecule has 0 aliphatic carbocycles. The van der Waals surface area contributed by atoms with E-state index in [0.29, 0.717) is 5.92 Å². The predicted octanol–water partition coefficient (Wildman–Crippen LogP) is 1.01. The maximum atomic E-state index is 10.3. The van der Waals surface area contributed by atoms with E-state index in [4.69, 9.17) is 5.11 Å². The lowest BCUT2D eigenvalue weighted by molar-refractivity contribution is 0.154. The first-order valence-electron chi connectivity index (χ1n) is 3.18. The summed E-state index contributed by atoms with van der Waals surface area (Å²) in [6.45, 7) is 3.51. The van der Waals surface area contributed by atoms with Gasteiger partial charge < -0.3 is 10.0 Å². The van der Waals surface area contributed by atoms with Crippen molar-refractivity contribution in [3.8, 4) is 0 Å². The van der Waals surface area contributed by atoms with Gasteiger partial charge >= 0.3 is 6.09 Å². The first-order chi connectivity index (χ1) is 4.20. The molecule has 1 fully saturated rings. The van der Waals surface area contributed by atoms with Crippen LogP contribution in [0.1, 0.15) is 13.3 Å². The van der Waals surface area contributed by atoms with Gasteiger partial charge in [-0.25, -0.2) is 4.79 Å². The number of carboxylic acid groups (broad SMARTS) is 1. The van der Waals surface area contributed by atoms with Crippen LogP contribution in [0.5, 0.6) is 0 Å². The van der Waals surface area contributed by atoms with Crippen LogP contribution >= 0.6 is 0 Å². The molecule has 1 rings (SSSR count). The number of amides is 1. The molecular formula is C6H11NO2. The Labute approximate surface area is 54.3 Å². The Morgan fingerprint density at radius 3 is 2.67 bits per heavy atom. The summed E-state index contributed by atoms with van der Waals surface area (Å²) in [6.07, 6.45) is 0.242. The highest BCUT2D eigenvalue weighted by atomic mass is 16.4. The van der Waals surface area contributed by atoms with Gasteiger partial charge in [-0.15, -0.1) is 0 Å². The van der Waals surface area contributed by atoms with Crippen molar-refractivity contribution in [2.75, 3.05) is 13.1 Å². The van der Waals surface area contributed by atoms with Gasteiger partial charge in [0.2, 0.25) is 0 Å². The van der Waals surface area contributed by atoms with Crippen LogP contribution in [0, 0.1) is 5.92 Å². The topological polar surface area (TPSA) is 40.5 Å². The van der Waals surface area contributed by atoms with Gasteiger partial charge in [0.25, 0.3) is 0 Å². The zero-order chi connectivity index (χ0) is 6.85. The molecule has 52 valence electrons. The molecule has 0 aromatic heterocycles. The van der Waals surface area contributed by atoms with E-state index in [0.717, 1.165) is 19.5 Å². The molecule has 3 nitrogen and oxygen atoms in total. The summed E-state index contributed by atoms with van der Waals surface area (Å²) in [7, 11) is 0. The summed E-state index contributed by atoms with van der Waals surface area (Å²) in [5, 5.41) is 8.46. The van der Waals surface area contributed by atoms with Gasteiger partial charge in [0, 0.05) is 13.1 Å². The SMILES string of the molecule is C[C@@H]1CCN(C(=O)O)C1. The Hall–Kier alpha value is -0.730. The molecule has 3 heteroatoms. The summed E-state index contributed by atoms with van der Waals surface area (Å²) in [5.41, 5.74) is 0. The molecule has 0 radical (unpaired) electrons. The Morgan fingerprint density at radius 1 is 1.78 bits per heavy atom. The molecule has 1 N–H and O–H groups in total. The van der Waals surface area contributed by atoms with Crippen LogP contribution < -0.4 is 0 Å². The van der Waals surface area contributed by atoms with E-state index in [2.05, 4.69) is 6.92 Å². The quantitative estimate of drug-likeness (QED) is 0.530. The first-order valence-corrected chi connectivity index (χ1v) is 3.18. The highest BCUT2D eigenvalue weighted by molar-refractivity contribution is 5.65. The first kappa shape index (κ1) is 6.39. The minimum atomic E-state index is -0.778.